The summed E-state index contributed by atoms with van der Waals surface area (Å²) in [5.41, 5.74) is 3.64. The largest absolute Gasteiger partial charge is 0.337 e. The summed E-state index contributed by atoms with van der Waals surface area (Å²) in [7, 11) is 0. The average molecular weight is 383 g/mol. The molecule has 1 heterocycles. The maximum atomic E-state index is 12.6. The molecular weight excluding hydrogens is 356 g/mol. The SMILES string of the molecule is O=C(/C=C/c1ccccc1)N1CCN(C(c2ccccc2)c2ccccc2)CC1. The van der Waals surface area contributed by atoms with E-state index in [0.717, 1.165) is 31.7 Å². The summed E-state index contributed by atoms with van der Waals surface area (Å²) in [4.78, 5) is 17.0. The number of piperazine rings is 1. The molecule has 1 fully saturated rings. The van der Waals surface area contributed by atoms with E-state index in [1.54, 1.807) is 6.08 Å². The van der Waals surface area contributed by atoms with E-state index in [0.29, 0.717) is 0 Å². The Morgan fingerprint density at radius 1 is 0.690 bits per heavy atom. The Morgan fingerprint density at radius 3 is 1.69 bits per heavy atom. The minimum absolute atomic E-state index is 0.0875. The Balaban J connectivity index is 1.44. The summed E-state index contributed by atoms with van der Waals surface area (Å²) in [6, 6.07) is 31.4. The van der Waals surface area contributed by atoms with Gasteiger partial charge in [-0.3, -0.25) is 9.69 Å². The molecule has 0 spiro atoms. The van der Waals surface area contributed by atoms with Gasteiger partial charge in [-0.05, 0) is 22.8 Å². The van der Waals surface area contributed by atoms with Crippen molar-refractivity contribution >= 4 is 12.0 Å². The predicted octanol–water partition coefficient (Wildman–Crippen LogP) is 4.63. The number of benzene rings is 3. The van der Waals surface area contributed by atoms with Crippen molar-refractivity contribution in [3.63, 3.8) is 0 Å². The minimum atomic E-state index is 0.0875. The molecule has 0 aromatic heterocycles. The highest BCUT2D eigenvalue weighted by Gasteiger charge is 2.27. The van der Waals surface area contributed by atoms with Gasteiger partial charge in [0.2, 0.25) is 5.91 Å². The van der Waals surface area contributed by atoms with E-state index >= 15 is 0 Å². The summed E-state index contributed by atoms with van der Waals surface area (Å²) in [6.45, 7) is 3.21. The van der Waals surface area contributed by atoms with Crippen molar-refractivity contribution in [2.45, 2.75) is 6.04 Å². The van der Waals surface area contributed by atoms with Gasteiger partial charge in [0, 0.05) is 32.3 Å². The van der Waals surface area contributed by atoms with Gasteiger partial charge in [-0.1, -0.05) is 91.0 Å². The highest BCUT2D eigenvalue weighted by molar-refractivity contribution is 5.91. The van der Waals surface area contributed by atoms with E-state index in [1.165, 1.54) is 11.1 Å². The summed E-state index contributed by atoms with van der Waals surface area (Å²) in [5.74, 6) is 0.0875. The fourth-order valence-electron chi connectivity index (χ4n) is 3.92. The van der Waals surface area contributed by atoms with E-state index in [1.807, 2.05) is 41.3 Å². The molecule has 1 amide bonds. The number of carbonyl (C=O) groups excluding carboxylic acids is 1. The van der Waals surface area contributed by atoms with Gasteiger partial charge in [-0.25, -0.2) is 0 Å². The molecule has 3 nitrogen and oxygen atoms in total. The van der Waals surface area contributed by atoms with Crippen LogP contribution >= 0.6 is 0 Å². The Labute approximate surface area is 172 Å². The highest BCUT2D eigenvalue weighted by atomic mass is 16.2. The lowest BCUT2D eigenvalue weighted by Crippen LogP contribution is -2.49. The third-order valence-corrected chi connectivity index (χ3v) is 5.44. The molecule has 3 aromatic carbocycles. The monoisotopic (exact) mass is 382 g/mol. The smallest absolute Gasteiger partial charge is 0.246 e. The van der Waals surface area contributed by atoms with Gasteiger partial charge in [-0.15, -0.1) is 0 Å². The van der Waals surface area contributed by atoms with Gasteiger partial charge in [0.25, 0.3) is 0 Å². The molecular formula is C26H26N2O. The van der Waals surface area contributed by atoms with E-state index in [4.69, 9.17) is 0 Å². The molecule has 1 aliphatic rings. The Bertz CT molecular complexity index is 891. The van der Waals surface area contributed by atoms with E-state index in [9.17, 15) is 4.79 Å². The summed E-state index contributed by atoms with van der Waals surface area (Å²) >= 11 is 0. The molecule has 4 rings (SSSR count). The predicted molar refractivity (Wildman–Crippen MR) is 118 cm³/mol. The van der Waals surface area contributed by atoms with Gasteiger partial charge < -0.3 is 4.90 Å². The fraction of sp³-hybridized carbons (Fsp3) is 0.192. The molecule has 1 saturated heterocycles. The zero-order chi connectivity index (χ0) is 19.9. The van der Waals surface area contributed by atoms with Gasteiger partial charge in [-0.2, -0.15) is 0 Å². The number of carbonyl (C=O) groups is 1. The van der Waals surface area contributed by atoms with Crippen molar-refractivity contribution in [3.8, 4) is 0 Å². The second kappa shape index (κ2) is 9.35. The van der Waals surface area contributed by atoms with Crippen molar-refractivity contribution < 1.29 is 4.79 Å². The van der Waals surface area contributed by atoms with Crippen LogP contribution in [0.1, 0.15) is 22.7 Å². The molecule has 0 atom stereocenters. The number of hydrogen-bond acceptors (Lipinski definition) is 2. The molecule has 146 valence electrons. The lowest BCUT2D eigenvalue weighted by atomic mass is 9.96. The van der Waals surface area contributed by atoms with Crippen LogP contribution in [0.2, 0.25) is 0 Å². The molecule has 3 aromatic rings. The Morgan fingerprint density at radius 2 is 1.17 bits per heavy atom. The van der Waals surface area contributed by atoms with Gasteiger partial charge in [0.05, 0.1) is 6.04 Å². The molecule has 0 unspecified atom stereocenters. The van der Waals surface area contributed by atoms with E-state index in [-0.39, 0.29) is 11.9 Å². The van der Waals surface area contributed by atoms with Crippen LogP contribution in [-0.4, -0.2) is 41.9 Å². The lowest BCUT2D eigenvalue weighted by molar-refractivity contribution is -0.127. The van der Waals surface area contributed by atoms with E-state index in [2.05, 4.69) is 65.6 Å². The minimum Gasteiger partial charge on any atom is -0.337 e. The first-order valence-corrected chi connectivity index (χ1v) is 10.2. The normalized spacial score (nSPS) is 15.1. The molecule has 29 heavy (non-hydrogen) atoms. The molecule has 3 heteroatoms. The molecule has 0 aliphatic carbocycles. The zero-order valence-electron chi connectivity index (χ0n) is 16.5. The molecule has 0 bridgehead atoms. The van der Waals surface area contributed by atoms with Crippen molar-refractivity contribution in [2.75, 3.05) is 26.2 Å². The first kappa shape index (κ1) is 19.2. The van der Waals surface area contributed by atoms with Crippen molar-refractivity contribution in [1.82, 2.24) is 9.80 Å². The maximum Gasteiger partial charge on any atom is 0.246 e. The first-order chi connectivity index (χ1) is 14.3. The van der Waals surface area contributed by atoms with Crippen molar-refractivity contribution in [1.29, 1.82) is 0 Å². The van der Waals surface area contributed by atoms with Crippen molar-refractivity contribution in [3.05, 3.63) is 114 Å². The average Bonchev–Trinajstić information content (AvgIpc) is 2.80. The Kier molecular flexibility index (Phi) is 6.18. The third-order valence-electron chi connectivity index (χ3n) is 5.44. The van der Waals surface area contributed by atoms with Crippen LogP contribution in [0, 0.1) is 0 Å². The lowest BCUT2D eigenvalue weighted by Gasteiger charge is -2.39. The van der Waals surface area contributed by atoms with Crippen LogP contribution in [0.3, 0.4) is 0 Å². The molecule has 1 aliphatic heterocycles. The third kappa shape index (κ3) is 4.82. The van der Waals surface area contributed by atoms with Crippen LogP contribution in [0.4, 0.5) is 0 Å². The number of rotatable bonds is 5. The molecule has 0 radical (unpaired) electrons. The standard InChI is InChI=1S/C26H26N2O/c29-25(17-16-22-10-4-1-5-11-22)27-18-20-28(21-19-27)26(23-12-6-2-7-13-23)24-14-8-3-9-15-24/h1-17,26H,18-21H2/b17-16+. The van der Waals surface area contributed by atoms with E-state index < -0.39 is 0 Å². The van der Waals surface area contributed by atoms with Crippen LogP contribution in [0.15, 0.2) is 97.1 Å². The van der Waals surface area contributed by atoms with Gasteiger partial charge in [0.15, 0.2) is 0 Å². The summed E-state index contributed by atoms with van der Waals surface area (Å²) < 4.78 is 0. The molecule has 0 saturated carbocycles. The first-order valence-electron chi connectivity index (χ1n) is 10.2. The molecule has 0 N–H and O–H groups in total. The van der Waals surface area contributed by atoms with Gasteiger partial charge >= 0.3 is 0 Å². The highest BCUT2D eigenvalue weighted by Crippen LogP contribution is 2.29. The maximum absolute atomic E-state index is 12.6. The van der Waals surface area contributed by atoms with Crippen molar-refractivity contribution in [2.24, 2.45) is 0 Å². The zero-order valence-corrected chi connectivity index (χ0v) is 16.5. The quantitative estimate of drug-likeness (QED) is 0.601. The number of amides is 1. The van der Waals surface area contributed by atoms with Crippen LogP contribution in [-0.2, 0) is 4.79 Å². The van der Waals surface area contributed by atoms with Crippen LogP contribution in [0.25, 0.3) is 6.08 Å². The second-order valence-electron chi connectivity index (χ2n) is 7.33. The Hall–Kier alpha value is -3.17. The van der Waals surface area contributed by atoms with Crippen LogP contribution < -0.4 is 0 Å². The topological polar surface area (TPSA) is 23.6 Å². The van der Waals surface area contributed by atoms with Gasteiger partial charge in [0.1, 0.15) is 0 Å². The fourth-order valence-corrected chi connectivity index (χ4v) is 3.92. The van der Waals surface area contributed by atoms with Crippen LogP contribution in [0.5, 0.6) is 0 Å². The summed E-state index contributed by atoms with van der Waals surface area (Å²) in [6.07, 6.45) is 3.59. The number of hydrogen-bond donors (Lipinski definition) is 0. The second-order valence-corrected chi connectivity index (χ2v) is 7.33. The summed E-state index contributed by atoms with van der Waals surface area (Å²) in [5, 5.41) is 0. The number of nitrogens with zero attached hydrogens (tertiary/aromatic N) is 2.